The first-order valence-electron chi connectivity index (χ1n) is 19.1. The number of alkyl carbamates (subject to hydrolysis) is 1. The summed E-state index contributed by atoms with van der Waals surface area (Å²) in [5.41, 5.74) is -2.74. The van der Waals surface area contributed by atoms with Gasteiger partial charge < -0.3 is 29.7 Å². The van der Waals surface area contributed by atoms with Gasteiger partial charge in [-0.3, -0.25) is 14.4 Å². The Morgan fingerprint density at radius 2 is 1.76 bits per heavy atom. The molecule has 55 heavy (non-hydrogen) atoms. The van der Waals surface area contributed by atoms with Crippen molar-refractivity contribution in [1.29, 1.82) is 0 Å². The van der Waals surface area contributed by atoms with Gasteiger partial charge in [-0.15, -0.1) is 0 Å². The molecule has 1 aromatic heterocycles. The van der Waals surface area contributed by atoms with E-state index in [1.807, 2.05) is 11.6 Å². The topological polar surface area (TPSA) is 192 Å². The lowest BCUT2D eigenvalue weighted by molar-refractivity contribution is -0.143. The molecular weight excluding hydrogens is 754 g/mol. The van der Waals surface area contributed by atoms with Gasteiger partial charge >= 0.3 is 16.4 Å². The molecule has 15 nitrogen and oxygen atoms in total. The lowest BCUT2D eigenvalue weighted by atomic mass is 10.0. The summed E-state index contributed by atoms with van der Waals surface area (Å²) in [5.74, 6) is -1.75. The minimum absolute atomic E-state index is 0.0949. The van der Waals surface area contributed by atoms with Crippen LogP contribution >= 0.6 is 11.6 Å². The third-order valence-corrected chi connectivity index (χ3v) is 11.5. The van der Waals surface area contributed by atoms with Gasteiger partial charge in [0, 0.05) is 11.5 Å². The second kappa shape index (κ2) is 17.1. The molecule has 0 radical (unpaired) electrons. The zero-order chi connectivity index (χ0) is 40.2. The normalized spacial score (nSPS) is 24.7. The van der Waals surface area contributed by atoms with E-state index in [1.165, 1.54) is 11.8 Å². The highest BCUT2D eigenvalue weighted by Gasteiger charge is 2.62. The number of rotatable bonds is 11. The van der Waals surface area contributed by atoms with E-state index >= 15 is 0 Å². The molecule has 17 heteroatoms. The lowest BCUT2D eigenvalue weighted by Gasteiger charge is -2.33. The fraction of sp³-hybridized carbons (Fsp3) is 0.658. The fourth-order valence-corrected chi connectivity index (χ4v) is 8.17. The predicted molar refractivity (Wildman–Crippen MR) is 205 cm³/mol. The molecule has 304 valence electrons. The maximum absolute atomic E-state index is 14.5. The summed E-state index contributed by atoms with van der Waals surface area (Å²) in [6, 6.07) is 4.64. The number of carbonyl (C=O) groups excluding carboxylic acids is 4. The fourth-order valence-electron chi connectivity index (χ4n) is 6.81. The Kier molecular flexibility index (Phi) is 13.1. The quantitative estimate of drug-likeness (QED) is 0.266. The maximum atomic E-state index is 14.5. The van der Waals surface area contributed by atoms with E-state index in [9.17, 15) is 27.6 Å². The molecule has 2 saturated carbocycles. The molecule has 1 saturated heterocycles. The molecule has 0 spiro atoms. The molecule has 1 aliphatic heterocycles. The van der Waals surface area contributed by atoms with Crippen LogP contribution in [0.1, 0.15) is 106 Å². The zero-order valence-corrected chi connectivity index (χ0v) is 34.1. The summed E-state index contributed by atoms with van der Waals surface area (Å²) in [5, 5.41) is 6.55. The molecule has 2 aromatic rings. The van der Waals surface area contributed by atoms with Gasteiger partial charge in [0.15, 0.2) is 0 Å². The van der Waals surface area contributed by atoms with Crippen molar-refractivity contribution < 1.29 is 46.0 Å². The second-order valence-electron chi connectivity index (χ2n) is 15.9. The molecule has 3 aliphatic rings. The van der Waals surface area contributed by atoms with Crippen LogP contribution in [0.25, 0.3) is 10.9 Å². The van der Waals surface area contributed by atoms with Gasteiger partial charge in [-0.05, 0) is 91.7 Å². The molecule has 0 bridgehead atoms. The Hall–Kier alpha value is -3.89. The summed E-state index contributed by atoms with van der Waals surface area (Å²) in [6.07, 6.45) is 5.25. The van der Waals surface area contributed by atoms with Gasteiger partial charge in [0.2, 0.25) is 17.7 Å². The number of carbonyl (C=O) groups is 4. The highest BCUT2D eigenvalue weighted by molar-refractivity contribution is 7.85. The molecule has 3 N–H and O–H groups in total. The van der Waals surface area contributed by atoms with Gasteiger partial charge in [-0.25, -0.2) is 18.7 Å². The molecular formula is C38H54ClN5O10S. The molecule has 1 aromatic carbocycles. The SMILES string of the molecule is CCOc1cc(OCCN2C(=O)[C@@H](NC(=O)OC(C)(C)C)CCCCCCC[C@@H]3C[C@@]3(C(=O)NS(=O)(=O)OC3(C)CC3)NC(=O)[C@@H]2C)c2cccc(Cl)c2n1. The Bertz CT molecular complexity index is 1870. The number of fused-ring (bicyclic) bond motifs is 2. The average molecular weight is 808 g/mol. The first kappa shape index (κ1) is 42.3. The molecule has 4 atom stereocenters. The van der Waals surface area contributed by atoms with Crippen molar-refractivity contribution in [1.82, 2.24) is 25.2 Å². The van der Waals surface area contributed by atoms with Crippen LogP contribution in [0.5, 0.6) is 11.6 Å². The van der Waals surface area contributed by atoms with E-state index in [-0.39, 0.29) is 25.5 Å². The van der Waals surface area contributed by atoms with E-state index in [4.69, 9.17) is 30.0 Å². The summed E-state index contributed by atoms with van der Waals surface area (Å²) in [6.45, 7) is 10.3. The van der Waals surface area contributed by atoms with Gasteiger partial charge in [0.1, 0.15) is 35.6 Å². The number of hydrogen-bond donors (Lipinski definition) is 3. The van der Waals surface area contributed by atoms with Crippen LogP contribution < -0.4 is 24.8 Å². The number of nitrogens with one attached hydrogen (secondary N) is 3. The van der Waals surface area contributed by atoms with Crippen molar-refractivity contribution in [2.75, 3.05) is 19.8 Å². The van der Waals surface area contributed by atoms with E-state index < -0.39 is 62.9 Å². The molecule has 2 aliphatic carbocycles. The van der Waals surface area contributed by atoms with Crippen molar-refractivity contribution in [2.45, 2.75) is 135 Å². The molecule has 3 fully saturated rings. The van der Waals surface area contributed by atoms with Crippen LogP contribution in [-0.2, 0) is 33.6 Å². The van der Waals surface area contributed by atoms with Crippen molar-refractivity contribution in [2.24, 2.45) is 5.92 Å². The van der Waals surface area contributed by atoms with Crippen LogP contribution in [0, 0.1) is 5.92 Å². The number of pyridine rings is 1. The second-order valence-corrected chi connectivity index (χ2v) is 17.6. The highest BCUT2D eigenvalue weighted by atomic mass is 35.5. The number of benzene rings is 1. The number of aromatic nitrogens is 1. The Morgan fingerprint density at radius 3 is 2.44 bits per heavy atom. The van der Waals surface area contributed by atoms with Crippen LogP contribution in [-0.4, -0.2) is 90.7 Å². The molecule has 5 rings (SSSR count). The van der Waals surface area contributed by atoms with Crippen LogP contribution in [0.15, 0.2) is 24.3 Å². The standard InChI is InChI=1S/C38H54ClN5O10S/c1-7-51-30-22-29(26-15-13-16-27(39)31(26)41-30)52-21-20-44-24(2)32(45)42-38(34(47)43-55(49,50)54-37(6)18-19-37)23-25(38)14-11-9-8-10-12-17-28(33(44)46)40-35(48)53-36(3,4)5/h13,15-16,22,24-25,28H,7-12,14,17-21,23H2,1-6H3,(H,40,48)(H,42,45)(H,43,47)/t24-,25+,28-,38+/m0/s1. The van der Waals surface area contributed by atoms with E-state index in [1.54, 1.807) is 52.0 Å². The average Bonchev–Trinajstić information content (AvgIpc) is 4.00. The summed E-state index contributed by atoms with van der Waals surface area (Å²) in [7, 11) is -4.45. The number of nitrogens with zero attached hydrogens (tertiary/aromatic N) is 2. The molecule has 2 heterocycles. The van der Waals surface area contributed by atoms with Crippen LogP contribution in [0.3, 0.4) is 0 Å². The lowest BCUT2D eigenvalue weighted by Crippen LogP contribution is -2.60. The number of halogens is 1. The number of amides is 4. The van der Waals surface area contributed by atoms with Gasteiger partial charge in [0.05, 0.1) is 29.3 Å². The largest absolute Gasteiger partial charge is 0.491 e. The third-order valence-electron chi connectivity index (χ3n) is 10.1. The van der Waals surface area contributed by atoms with Gasteiger partial charge in [-0.1, -0.05) is 49.8 Å². The highest BCUT2D eigenvalue weighted by Crippen LogP contribution is 2.48. The van der Waals surface area contributed by atoms with Crippen LogP contribution in [0.2, 0.25) is 5.02 Å². The smallest absolute Gasteiger partial charge is 0.408 e. The first-order valence-corrected chi connectivity index (χ1v) is 20.9. The Balaban J connectivity index is 1.43. The van der Waals surface area contributed by atoms with E-state index in [0.717, 1.165) is 25.7 Å². The Morgan fingerprint density at radius 1 is 1.07 bits per heavy atom. The molecule has 4 amide bonds. The monoisotopic (exact) mass is 807 g/mol. The molecule has 0 unspecified atom stereocenters. The van der Waals surface area contributed by atoms with Crippen molar-refractivity contribution in [3.63, 3.8) is 0 Å². The minimum Gasteiger partial charge on any atom is -0.491 e. The van der Waals surface area contributed by atoms with Crippen LogP contribution in [0.4, 0.5) is 4.79 Å². The third kappa shape index (κ3) is 11.1. The number of hydrogen-bond acceptors (Lipinski definition) is 11. The summed E-state index contributed by atoms with van der Waals surface area (Å²) in [4.78, 5) is 61.2. The predicted octanol–water partition coefficient (Wildman–Crippen LogP) is 5.33. The Labute approximate surface area is 328 Å². The van der Waals surface area contributed by atoms with Crippen molar-refractivity contribution in [3.05, 3.63) is 29.3 Å². The first-order chi connectivity index (χ1) is 25.9. The van der Waals surface area contributed by atoms with E-state index in [0.29, 0.717) is 66.3 Å². The zero-order valence-electron chi connectivity index (χ0n) is 32.5. The van der Waals surface area contributed by atoms with Crippen molar-refractivity contribution >= 4 is 56.6 Å². The number of para-hydroxylation sites is 1. The van der Waals surface area contributed by atoms with Gasteiger partial charge in [0.25, 0.3) is 5.91 Å². The van der Waals surface area contributed by atoms with Crippen molar-refractivity contribution in [3.8, 4) is 11.6 Å². The summed E-state index contributed by atoms with van der Waals surface area (Å²) < 4.78 is 50.3. The maximum Gasteiger partial charge on any atom is 0.408 e. The minimum atomic E-state index is -4.45. The number of ether oxygens (including phenoxy) is 3. The summed E-state index contributed by atoms with van der Waals surface area (Å²) >= 11 is 6.46. The van der Waals surface area contributed by atoms with E-state index in [2.05, 4.69) is 15.6 Å². The van der Waals surface area contributed by atoms with Gasteiger partial charge in [-0.2, -0.15) is 8.42 Å².